The van der Waals surface area contributed by atoms with Crippen LogP contribution in [0.4, 0.5) is 0 Å². The number of piperazine rings is 1. The van der Waals surface area contributed by atoms with Crippen LogP contribution in [-0.2, 0) is 4.79 Å². The van der Waals surface area contributed by atoms with Crippen molar-refractivity contribution in [2.45, 2.75) is 12.1 Å². The van der Waals surface area contributed by atoms with E-state index in [9.17, 15) is 9.90 Å². The molecule has 6 heteroatoms. The fraction of sp³-hybridized carbons (Fsp3) is 0.222. The summed E-state index contributed by atoms with van der Waals surface area (Å²) >= 11 is 6.21. The van der Waals surface area contributed by atoms with Gasteiger partial charge in [-0.2, -0.15) is 0 Å². The number of benzene rings is 3. The van der Waals surface area contributed by atoms with Gasteiger partial charge in [0.2, 0.25) is 0 Å². The van der Waals surface area contributed by atoms with Crippen molar-refractivity contribution in [2.75, 3.05) is 26.2 Å². The highest BCUT2D eigenvalue weighted by Gasteiger charge is 2.34. The summed E-state index contributed by atoms with van der Waals surface area (Å²) in [6, 6.07) is 26.0. The third-order valence-corrected chi connectivity index (χ3v) is 6.75. The predicted molar refractivity (Wildman–Crippen MR) is 132 cm³/mol. The molecular formula is C27H26ClN3O2. The number of hydrogen-bond acceptors (Lipinski definition) is 3. The normalized spacial score (nSPS) is 16.3. The van der Waals surface area contributed by atoms with Crippen LogP contribution >= 0.6 is 11.6 Å². The third-order valence-electron chi connectivity index (χ3n) is 6.51. The van der Waals surface area contributed by atoms with E-state index in [0.717, 1.165) is 29.6 Å². The second kappa shape index (κ2) is 9.40. The smallest absolute Gasteiger partial charge is 0.325 e. The summed E-state index contributed by atoms with van der Waals surface area (Å²) in [6.07, 6.45) is 1.81. The molecule has 1 aromatic heterocycles. The molecule has 1 atom stereocenters. The van der Waals surface area contributed by atoms with Crippen LogP contribution in [0.25, 0.3) is 10.9 Å². The van der Waals surface area contributed by atoms with Gasteiger partial charge in [-0.15, -0.1) is 0 Å². The number of aromatic amines is 1. The number of halogens is 1. The maximum atomic E-state index is 12.4. The van der Waals surface area contributed by atoms with E-state index in [4.69, 9.17) is 11.6 Å². The van der Waals surface area contributed by atoms with Gasteiger partial charge >= 0.3 is 5.97 Å². The van der Waals surface area contributed by atoms with E-state index in [0.29, 0.717) is 18.1 Å². The molecule has 0 aliphatic carbocycles. The maximum Gasteiger partial charge on any atom is 0.325 e. The van der Waals surface area contributed by atoms with Crippen LogP contribution in [0.5, 0.6) is 0 Å². The number of carbonyl (C=O) groups is 1. The number of rotatable bonds is 6. The highest BCUT2D eigenvalue weighted by atomic mass is 35.5. The molecule has 0 unspecified atom stereocenters. The van der Waals surface area contributed by atoms with Crippen molar-refractivity contribution >= 4 is 28.5 Å². The van der Waals surface area contributed by atoms with E-state index in [2.05, 4.69) is 63.3 Å². The van der Waals surface area contributed by atoms with Gasteiger partial charge in [0.15, 0.2) is 0 Å². The van der Waals surface area contributed by atoms with Crippen molar-refractivity contribution in [3.8, 4) is 0 Å². The van der Waals surface area contributed by atoms with Crippen molar-refractivity contribution in [2.24, 2.45) is 0 Å². The Balaban J connectivity index is 1.40. The molecule has 1 fully saturated rings. The van der Waals surface area contributed by atoms with Crippen LogP contribution in [-0.4, -0.2) is 52.0 Å². The number of fused-ring (bicyclic) bond motifs is 1. The molecule has 5 rings (SSSR count). The van der Waals surface area contributed by atoms with E-state index in [1.165, 1.54) is 11.1 Å². The SMILES string of the molecule is O=C(O)[C@@H](c1c[nH]c2ccc(Cl)cc12)N1CCN(C(c2ccccc2)c2ccccc2)CC1. The molecule has 0 saturated carbocycles. The second-order valence-corrected chi connectivity index (χ2v) is 8.91. The number of carboxylic acid groups (broad SMARTS) is 1. The van der Waals surface area contributed by atoms with E-state index in [1.54, 1.807) is 0 Å². The first-order chi connectivity index (χ1) is 16.1. The van der Waals surface area contributed by atoms with Gasteiger partial charge < -0.3 is 10.1 Å². The lowest BCUT2D eigenvalue weighted by Crippen LogP contribution is -2.50. The molecule has 5 nitrogen and oxygen atoms in total. The molecule has 168 valence electrons. The minimum absolute atomic E-state index is 0.143. The molecule has 1 aliphatic rings. The number of nitrogens with one attached hydrogen (secondary N) is 1. The number of hydrogen-bond donors (Lipinski definition) is 2. The number of H-pyrrole nitrogens is 1. The number of nitrogens with zero attached hydrogens (tertiary/aromatic N) is 2. The Labute approximate surface area is 198 Å². The molecule has 2 heterocycles. The van der Waals surface area contributed by atoms with Crippen LogP contribution in [0.15, 0.2) is 85.1 Å². The van der Waals surface area contributed by atoms with Gasteiger partial charge in [-0.05, 0) is 29.3 Å². The topological polar surface area (TPSA) is 59.6 Å². The lowest BCUT2D eigenvalue weighted by atomic mass is 9.96. The summed E-state index contributed by atoms with van der Waals surface area (Å²) in [4.78, 5) is 20.1. The Morgan fingerprint density at radius 2 is 1.42 bits per heavy atom. The quantitative estimate of drug-likeness (QED) is 0.408. The lowest BCUT2D eigenvalue weighted by molar-refractivity contribution is -0.144. The molecule has 0 amide bonds. The Kier molecular flexibility index (Phi) is 6.18. The minimum Gasteiger partial charge on any atom is -0.480 e. The molecule has 0 spiro atoms. The van der Waals surface area contributed by atoms with Crippen LogP contribution in [0.1, 0.15) is 28.8 Å². The molecule has 4 aromatic rings. The summed E-state index contributed by atoms with van der Waals surface area (Å²) < 4.78 is 0. The average molecular weight is 460 g/mol. The van der Waals surface area contributed by atoms with Crippen LogP contribution in [0.2, 0.25) is 5.02 Å². The van der Waals surface area contributed by atoms with Crippen molar-refractivity contribution in [3.63, 3.8) is 0 Å². The maximum absolute atomic E-state index is 12.4. The largest absolute Gasteiger partial charge is 0.480 e. The third kappa shape index (κ3) is 4.40. The molecule has 0 bridgehead atoms. The van der Waals surface area contributed by atoms with Crippen molar-refractivity contribution in [1.29, 1.82) is 0 Å². The first kappa shape index (κ1) is 21.7. The minimum atomic E-state index is -0.841. The number of aliphatic carboxylic acids is 1. The van der Waals surface area contributed by atoms with Gasteiger partial charge in [0.25, 0.3) is 0 Å². The summed E-state index contributed by atoms with van der Waals surface area (Å²) in [5.41, 5.74) is 4.15. The zero-order valence-electron chi connectivity index (χ0n) is 18.2. The lowest BCUT2D eigenvalue weighted by Gasteiger charge is -2.41. The van der Waals surface area contributed by atoms with E-state index >= 15 is 0 Å². The average Bonchev–Trinajstić information content (AvgIpc) is 3.24. The van der Waals surface area contributed by atoms with Crippen molar-refractivity contribution < 1.29 is 9.90 Å². The predicted octanol–water partition coefficient (Wildman–Crippen LogP) is 5.35. The zero-order chi connectivity index (χ0) is 22.8. The van der Waals surface area contributed by atoms with Gasteiger partial charge in [-0.3, -0.25) is 14.6 Å². The fourth-order valence-electron chi connectivity index (χ4n) is 4.97. The molecule has 3 aromatic carbocycles. The standard InChI is InChI=1S/C27H26ClN3O2/c28-21-11-12-24-22(17-21)23(18-29-24)26(27(32)33)31-15-13-30(14-16-31)25(19-7-3-1-4-8-19)20-9-5-2-6-10-20/h1-12,17-18,25-26,29H,13-16H2,(H,32,33)/t26-/m1/s1. The van der Waals surface area contributed by atoms with E-state index in [1.807, 2.05) is 36.5 Å². The van der Waals surface area contributed by atoms with E-state index in [-0.39, 0.29) is 6.04 Å². The van der Waals surface area contributed by atoms with Gasteiger partial charge in [-0.1, -0.05) is 72.3 Å². The molecular weight excluding hydrogens is 434 g/mol. The van der Waals surface area contributed by atoms with Gasteiger partial charge in [0.1, 0.15) is 6.04 Å². The first-order valence-corrected chi connectivity index (χ1v) is 11.6. The Morgan fingerprint density at radius 3 is 2.00 bits per heavy atom. The first-order valence-electron chi connectivity index (χ1n) is 11.2. The Bertz CT molecular complexity index is 1190. The van der Waals surface area contributed by atoms with E-state index < -0.39 is 12.0 Å². The number of aromatic nitrogens is 1. The van der Waals surface area contributed by atoms with Crippen LogP contribution in [0, 0.1) is 0 Å². The molecule has 0 radical (unpaired) electrons. The fourth-order valence-corrected chi connectivity index (χ4v) is 5.14. The van der Waals surface area contributed by atoms with Gasteiger partial charge in [-0.25, -0.2) is 0 Å². The van der Waals surface area contributed by atoms with Gasteiger partial charge in [0, 0.05) is 53.9 Å². The zero-order valence-corrected chi connectivity index (χ0v) is 18.9. The highest BCUT2D eigenvalue weighted by molar-refractivity contribution is 6.31. The molecule has 1 saturated heterocycles. The van der Waals surface area contributed by atoms with Crippen molar-refractivity contribution in [3.05, 3.63) is 107 Å². The molecule has 33 heavy (non-hydrogen) atoms. The van der Waals surface area contributed by atoms with Gasteiger partial charge in [0.05, 0.1) is 6.04 Å². The van der Waals surface area contributed by atoms with Crippen LogP contribution in [0.3, 0.4) is 0 Å². The summed E-state index contributed by atoms with van der Waals surface area (Å²) in [5.74, 6) is -0.841. The van der Waals surface area contributed by atoms with Crippen LogP contribution < -0.4 is 0 Å². The monoisotopic (exact) mass is 459 g/mol. The molecule has 2 N–H and O–H groups in total. The number of carboxylic acids is 1. The Morgan fingerprint density at radius 1 is 0.848 bits per heavy atom. The summed E-state index contributed by atoms with van der Waals surface area (Å²) in [6.45, 7) is 2.89. The summed E-state index contributed by atoms with van der Waals surface area (Å²) in [7, 11) is 0. The molecule has 1 aliphatic heterocycles. The summed E-state index contributed by atoms with van der Waals surface area (Å²) in [5, 5.41) is 11.6. The Hall–Kier alpha value is -3.12. The van der Waals surface area contributed by atoms with Crippen molar-refractivity contribution in [1.82, 2.24) is 14.8 Å². The highest BCUT2D eigenvalue weighted by Crippen LogP contribution is 2.34. The second-order valence-electron chi connectivity index (χ2n) is 8.47.